The molecule has 0 saturated carbocycles. The molecule has 6 heteroatoms. The summed E-state index contributed by atoms with van der Waals surface area (Å²) in [5.41, 5.74) is 0.966. The number of anilines is 1. The minimum absolute atomic E-state index is 0.119. The average Bonchev–Trinajstić information content (AvgIpc) is 2.47. The summed E-state index contributed by atoms with van der Waals surface area (Å²) in [6, 6.07) is 6.81. The van der Waals surface area contributed by atoms with E-state index in [1.165, 1.54) is 0 Å². The Balaban J connectivity index is 1.90. The standard InChI is InChI=1S/C16H20ClN3O2/c1-11(21)13-3-2-6-20(9-13)10-16(22)19-14-5-4-12(8-18)15(17)7-14/h4-5,7,11,13,21H,2-3,6,9-10H2,1H3,(H,19,22). The lowest BCUT2D eigenvalue weighted by atomic mass is 9.93. The number of halogens is 1. The van der Waals surface area contributed by atoms with Gasteiger partial charge in [0.15, 0.2) is 0 Å². The van der Waals surface area contributed by atoms with Crippen molar-refractivity contribution >= 4 is 23.2 Å². The number of aliphatic hydroxyl groups excluding tert-OH is 1. The topological polar surface area (TPSA) is 76.4 Å². The van der Waals surface area contributed by atoms with Gasteiger partial charge in [-0.1, -0.05) is 11.6 Å². The fourth-order valence-electron chi connectivity index (χ4n) is 2.72. The van der Waals surface area contributed by atoms with Gasteiger partial charge in [-0.3, -0.25) is 9.69 Å². The number of nitriles is 1. The second kappa shape index (κ2) is 7.59. The van der Waals surface area contributed by atoms with Crippen LogP contribution in [0.3, 0.4) is 0 Å². The summed E-state index contributed by atoms with van der Waals surface area (Å²) in [4.78, 5) is 14.2. The van der Waals surface area contributed by atoms with Crippen LogP contribution >= 0.6 is 11.6 Å². The first-order valence-corrected chi connectivity index (χ1v) is 7.77. The van der Waals surface area contributed by atoms with Gasteiger partial charge in [-0.15, -0.1) is 0 Å². The molecule has 1 heterocycles. The number of nitrogens with one attached hydrogen (secondary N) is 1. The van der Waals surface area contributed by atoms with Crippen molar-refractivity contribution < 1.29 is 9.90 Å². The lowest BCUT2D eigenvalue weighted by Crippen LogP contribution is -2.43. The molecule has 1 aliphatic rings. The van der Waals surface area contributed by atoms with E-state index in [0.29, 0.717) is 22.8 Å². The van der Waals surface area contributed by atoms with Crippen molar-refractivity contribution in [1.29, 1.82) is 5.26 Å². The predicted molar refractivity (Wildman–Crippen MR) is 85.6 cm³/mol. The number of hydrogen-bond acceptors (Lipinski definition) is 4. The van der Waals surface area contributed by atoms with Gasteiger partial charge in [-0.05, 0) is 50.4 Å². The minimum atomic E-state index is -0.344. The normalized spacial score (nSPS) is 20.2. The zero-order valence-electron chi connectivity index (χ0n) is 12.6. The monoisotopic (exact) mass is 321 g/mol. The van der Waals surface area contributed by atoms with Crippen molar-refractivity contribution in [2.75, 3.05) is 25.0 Å². The largest absolute Gasteiger partial charge is 0.393 e. The van der Waals surface area contributed by atoms with E-state index in [2.05, 4.69) is 10.2 Å². The van der Waals surface area contributed by atoms with Crippen LogP contribution in [0.4, 0.5) is 5.69 Å². The molecule has 0 aliphatic carbocycles. The number of likely N-dealkylation sites (tertiary alicyclic amines) is 1. The van der Waals surface area contributed by atoms with Crippen molar-refractivity contribution in [3.05, 3.63) is 28.8 Å². The number of nitrogens with zero attached hydrogens (tertiary/aromatic N) is 2. The van der Waals surface area contributed by atoms with Crippen molar-refractivity contribution in [3.63, 3.8) is 0 Å². The SMILES string of the molecule is CC(O)C1CCCN(CC(=O)Nc2ccc(C#N)c(Cl)c2)C1. The molecule has 1 aromatic carbocycles. The highest BCUT2D eigenvalue weighted by atomic mass is 35.5. The summed E-state index contributed by atoms with van der Waals surface area (Å²) >= 11 is 5.95. The molecule has 2 atom stereocenters. The molecule has 118 valence electrons. The molecule has 1 amide bonds. The molecule has 1 aromatic rings. The number of benzene rings is 1. The summed E-state index contributed by atoms with van der Waals surface area (Å²) in [5, 5.41) is 21.6. The maximum Gasteiger partial charge on any atom is 0.238 e. The third kappa shape index (κ3) is 4.44. The third-order valence-electron chi connectivity index (χ3n) is 3.96. The summed E-state index contributed by atoms with van der Waals surface area (Å²) < 4.78 is 0. The van der Waals surface area contributed by atoms with Gasteiger partial charge < -0.3 is 10.4 Å². The highest BCUT2D eigenvalue weighted by Crippen LogP contribution is 2.21. The molecule has 0 bridgehead atoms. The summed E-state index contributed by atoms with van der Waals surface area (Å²) in [7, 11) is 0. The smallest absolute Gasteiger partial charge is 0.238 e. The van der Waals surface area contributed by atoms with Crippen LogP contribution in [0, 0.1) is 17.2 Å². The Kier molecular flexibility index (Phi) is 5.78. The average molecular weight is 322 g/mol. The fraction of sp³-hybridized carbons (Fsp3) is 0.500. The molecule has 22 heavy (non-hydrogen) atoms. The second-order valence-corrected chi connectivity index (χ2v) is 6.14. The first kappa shape index (κ1) is 16.8. The van der Waals surface area contributed by atoms with Crippen molar-refractivity contribution in [2.24, 2.45) is 5.92 Å². The van der Waals surface area contributed by atoms with E-state index in [-0.39, 0.29) is 17.9 Å². The Bertz CT molecular complexity index is 583. The van der Waals surface area contributed by atoms with Gasteiger partial charge in [0.1, 0.15) is 6.07 Å². The second-order valence-electron chi connectivity index (χ2n) is 5.73. The van der Waals surface area contributed by atoms with Crippen LogP contribution in [-0.2, 0) is 4.79 Å². The predicted octanol–water partition coefficient (Wildman–Crippen LogP) is 2.24. The summed E-state index contributed by atoms with van der Waals surface area (Å²) in [5.74, 6) is 0.109. The van der Waals surface area contributed by atoms with Crippen molar-refractivity contribution in [2.45, 2.75) is 25.9 Å². The lowest BCUT2D eigenvalue weighted by Gasteiger charge is -2.33. The molecule has 0 aromatic heterocycles. The molecule has 1 aliphatic heterocycles. The highest BCUT2D eigenvalue weighted by Gasteiger charge is 2.24. The van der Waals surface area contributed by atoms with Gasteiger partial charge in [0.05, 0.1) is 23.2 Å². The number of piperidine rings is 1. The number of rotatable bonds is 4. The number of carbonyl (C=O) groups is 1. The van der Waals surface area contributed by atoms with E-state index < -0.39 is 0 Å². The maximum absolute atomic E-state index is 12.1. The Hall–Kier alpha value is -1.61. The molecule has 2 N–H and O–H groups in total. The van der Waals surface area contributed by atoms with Gasteiger partial charge in [0.2, 0.25) is 5.91 Å². The summed E-state index contributed by atoms with van der Waals surface area (Å²) in [6.07, 6.45) is 1.65. The van der Waals surface area contributed by atoms with Crippen LogP contribution in [0.25, 0.3) is 0 Å². The number of amides is 1. The molecule has 1 saturated heterocycles. The van der Waals surface area contributed by atoms with Crippen molar-refractivity contribution in [3.8, 4) is 6.07 Å². The van der Waals surface area contributed by atoms with E-state index >= 15 is 0 Å². The Morgan fingerprint density at radius 1 is 1.64 bits per heavy atom. The maximum atomic E-state index is 12.1. The van der Waals surface area contributed by atoms with E-state index in [1.54, 1.807) is 25.1 Å². The first-order valence-electron chi connectivity index (χ1n) is 7.39. The third-order valence-corrected chi connectivity index (χ3v) is 4.28. The molecule has 0 radical (unpaired) electrons. The number of carbonyl (C=O) groups excluding carboxylic acids is 1. The van der Waals surface area contributed by atoms with Gasteiger partial charge >= 0.3 is 0 Å². The molecule has 1 fully saturated rings. The van der Waals surface area contributed by atoms with E-state index in [0.717, 1.165) is 25.9 Å². The van der Waals surface area contributed by atoms with Gasteiger partial charge in [0.25, 0.3) is 0 Å². The molecule has 2 unspecified atom stereocenters. The van der Waals surface area contributed by atoms with Gasteiger partial charge in [-0.25, -0.2) is 0 Å². The number of hydrogen-bond donors (Lipinski definition) is 2. The van der Waals surface area contributed by atoms with Crippen LogP contribution in [0.1, 0.15) is 25.3 Å². The highest BCUT2D eigenvalue weighted by molar-refractivity contribution is 6.32. The van der Waals surface area contributed by atoms with Crippen LogP contribution in [-0.4, -0.2) is 41.7 Å². The van der Waals surface area contributed by atoms with E-state index in [9.17, 15) is 9.90 Å². The van der Waals surface area contributed by atoms with Gasteiger partial charge in [0, 0.05) is 12.2 Å². The molecule has 5 nitrogen and oxygen atoms in total. The van der Waals surface area contributed by atoms with Crippen LogP contribution < -0.4 is 5.32 Å². The fourth-order valence-corrected chi connectivity index (χ4v) is 2.94. The zero-order chi connectivity index (χ0) is 16.1. The lowest BCUT2D eigenvalue weighted by molar-refractivity contribution is -0.118. The summed E-state index contributed by atoms with van der Waals surface area (Å²) in [6.45, 7) is 3.69. The van der Waals surface area contributed by atoms with Crippen LogP contribution in [0.5, 0.6) is 0 Å². The van der Waals surface area contributed by atoms with E-state index in [1.807, 2.05) is 6.07 Å². The van der Waals surface area contributed by atoms with Crippen LogP contribution in [0.2, 0.25) is 5.02 Å². The molecule has 0 spiro atoms. The van der Waals surface area contributed by atoms with E-state index in [4.69, 9.17) is 16.9 Å². The Morgan fingerprint density at radius 2 is 2.41 bits per heavy atom. The quantitative estimate of drug-likeness (QED) is 0.891. The number of aliphatic hydroxyl groups is 1. The minimum Gasteiger partial charge on any atom is -0.393 e. The zero-order valence-corrected chi connectivity index (χ0v) is 13.3. The molecule has 2 rings (SSSR count). The Labute approximate surface area is 135 Å². The van der Waals surface area contributed by atoms with Crippen molar-refractivity contribution in [1.82, 2.24) is 4.90 Å². The molecular formula is C16H20ClN3O2. The molecular weight excluding hydrogens is 302 g/mol. The Morgan fingerprint density at radius 3 is 3.05 bits per heavy atom. The van der Waals surface area contributed by atoms with Gasteiger partial charge in [-0.2, -0.15) is 5.26 Å². The van der Waals surface area contributed by atoms with Crippen LogP contribution in [0.15, 0.2) is 18.2 Å². The first-order chi connectivity index (χ1) is 10.5.